The summed E-state index contributed by atoms with van der Waals surface area (Å²) in [5.74, 6) is 1.56. The van der Waals surface area contributed by atoms with Crippen molar-refractivity contribution < 1.29 is 0 Å². The smallest absolute Gasteiger partial charge is 0.151 e. The van der Waals surface area contributed by atoms with Crippen molar-refractivity contribution in [1.29, 1.82) is 0 Å². The normalized spacial score (nSPS) is 17.0. The lowest BCUT2D eigenvalue weighted by Gasteiger charge is -2.20. The minimum atomic E-state index is -0.532. The summed E-state index contributed by atoms with van der Waals surface area (Å²) < 4.78 is 0. The number of nitrogens with one attached hydrogen (secondary N) is 1. The summed E-state index contributed by atoms with van der Waals surface area (Å²) in [5, 5.41) is 12.9. The summed E-state index contributed by atoms with van der Waals surface area (Å²) in [6, 6.07) is 0. The van der Waals surface area contributed by atoms with Gasteiger partial charge in [0.15, 0.2) is 5.00 Å². The highest BCUT2D eigenvalue weighted by Crippen LogP contribution is 2.28. The average Bonchev–Trinajstić information content (AvgIpc) is 2.62. The molecule has 0 saturated heterocycles. The molecule has 0 aromatic rings. The van der Waals surface area contributed by atoms with Gasteiger partial charge in [0.25, 0.3) is 0 Å². The van der Waals surface area contributed by atoms with Crippen LogP contribution in [0.4, 0.5) is 0 Å². The van der Waals surface area contributed by atoms with Gasteiger partial charge >= 0.3 is 0 Å². The molecular formula is C26H55ClN4. The van der Waals surface area contributed by atoms with Crippen molar-refractivity contribution >= 4 is 17.3 Å². The summed E-state index contributed by atoms with van der Waals surface area (Å²) >= 11 is 6.33. The van der Waals surface area contributed by atoms with Gasteiger partial charge < -0.3 is 5.43 Å². The Morgan fingerprint density at radius 2 is 1.29 bits per heavy atom. The number of hydrogen-bond acceptors (Lipinski definition) is 4. The van der Waals surface area contributed by atoms with Crippen LogP contribution in [0.5, 0.6) is 0 Å². The van der Waals surface area contributed by atoms with E-state index in [1.54, 1.807) is 0 Å². The number of hydrazone groups is 1. The van der Waals surface area contributed by atoms with E-state index >= 15 is 0 Å². The molecule has 186 valence electrons. The molecule has 0 rings (SSSR count). The van der Waals surface area contributed by atoms with Crippen LogP contribution in [0.3, 0.4) is 0 Å². The van der Waals surface area contributed by atoms with Gasteiger partial charge in [-0.3, -0.25) is 0 Å². The van der Waals surface area contributed by atoms with E-state index in [0.29, 0.717) is 0 Å². The van der Waals surface area contributed by atoms with E-state index in [1.807, 2.05) is 27.7 Å². The van der Waals surface area contributed by atoms with E-state index in [1.165, 1.54) is 37.8 Å². The lowest BCUT2D eigenvalue weighted by Crippen LogP contribution is -2.32. The number of rotatable bonds is 12. The Morgan fingerprint density at radius 3 is 1.71 bits per heavy atom. The van der Waals surface area contributed by atoms with Crippen LogP contribution in [-0.4, -0.2) is 21.8 Å². The zero-order chi connectivity index (χ0) is 24.7. The highest BCUT2D eigenvalue weighted by Gasteiger charge is 2.22. The van der Waals surface area contributed by atoms with Gasteiger partial charge in [0.05, 0.1) is 5.54 Å². The van der Waals surface area contributed by atoms with Crippen LogP contribution >= 0.6 is 11.6 Å². The van der Waals surface area contributed by atoms with E-state index in [2.05, 4.69) is 76.1 Å². The van der Waals surface area contributed by atoms with Gasteiger partial charge in [0.2, 0.25) is 0 Å². The number of halogens is 1. The summed E-state index contributed by atoms with van der Waals surface area (Å²) in [6.45, 7) is 25.6. The topological polar surface area (TPSA) is 49.1 Å². The maximum Gasteiger partial charge on any atom is 0.151 e. The molecule has 0 aromatic heterocycles. The molecule has 1 N–H and O–H groups in total. The Morgan fingerprint density at radius 1 is 0.806 bits per heavy atom. The molecule has 3 unspecified atom stereocenters. The third kappa shape index (κ3) is 25.5. The van der Waals surface area contributed by atoms with Gasteiger partial charge in [0, 0.05) is 11.3 Å². The molecule has 4 nitrogen and oxygen atoms in total. The molecule has 5 heteroatoms. The molecule has 0 radical (unpaired) electrons. The molecule has 0 amide bonds. The van der Waals surface area contributed by atoms with E-state index in [9.17, 15) is 0 Å². The van der Waals surface area contributed by atoms with Crippen molar-refractivity contribution in [3.8, 4) is 0 Å². The maximum atomic E-state index is 6.33. The summed E-state index contributed by atoms with van der Waals surface area (Å²) in [5.41, 5.74) is 4.33. The standard InChI is InChI=1S/C13H27ClN2.C13H28N2/c1-7-8-11(2)9-10-13(6,14)16-15-12(3,4)5;1-7-8-11(2)9-10-12(3)14-15-13(4,5)6/h11H,7-10H2,1-6H3;11,15H,7-10H2,1-6H3. The van der Waals surface area contributed by atoms with Crippen molar-refractivity contribution in [2.45, 2.75) is 151 Å². The van der Waals surface area contributed by atoms with Gasteiger partial charge in [-0.25, -0.2) is 0 Å². The minimum absolute atomic E-state index is 0.0797. The quantitative estimate of drug-likeness (QED) is 0.102. The number of nitrogens with zero attached hydrogens (tertiary/aromatic N) is 3. The fourth-order valence-electron chi connectivity index (χ4n) is 2.86. The monoisotopic (exact) mass is 458 g/mol. The van der Waals surface area contributed by atoms with Gasteiger partial charge in [-0.05, 0) is 92.9 Å². The first-order valence-electron chi connectivity index (χ1n) is 12.4. The van der Waals surface area contributed by atoms with Crippen LogP contribution in [0.15, 0.2) is 15.3 Å². The second-order valence-electron chi connectivity index (χ2n) is 11.6. The number of hydrogen-bond donors (Lipinski definition) is 1. The first-order valence-corrected chi connectivity index (χ1v) is 12.8. The predicted octanol–water partition coefficient (Wildman–Crippen LogP) is 9.38. The van der Waals surface area contributed by atoms with Crippen LogP contribution < -0.4 is 5.43 Å². The highest BCUT2D eigenvalue weighted by atomic mass is 35.5. The molecule has 0 aliphatic rings. The lowest BCUT2D eigenvalue weighted by molar-refractivity contribution is 0.411. The lowest BCUT2D eigenvalue weighted by atomic mass is 9.98. The van der Waals surface area contributed by atoms with Crippen molar-refractivity contribution in [2.75, 3.05) is 0 Å². The van der Waals surface area contributed by atoms with E-state index in [0.717, 1.165) is 31.1 Å². The first kappa shape index (κ1) is 32.5. The van der Waals surface area contributed by atoms with E-state index in [-0.39, 0.29) is 11.1 Å². The number of azo groups is 1. The fourth-order valence-corrected chi connectivity index (χ4v) is 3.01. The second kappa shape index (κ2) is 16.0. The zero-order valence-corrected chi connectivity index (χ0v) is 23.8. The molecule has 3 atom stereocenters. The summed E-state index contributed by atoms with van der Waals surface area (Å²) in [4.78, 5) is -0.532. The van der Waals surface area contributed by atoms with Gasteiger partial charge in [-0.2, -0.15) is 15.3 Å². The third-order valence-corrected chi connectivity index (χ3v) is 5.06. The molecular weight excluding hydrogens is 404 g/mol. The van der Waals surface area contributed by atoms with E-state index in [4.69, 9.17) is 11.6 Å². The van der Waals surface area contributed by atoms with Crippen LogP contribution in [0.1, 0.15) is 134 Å². The Kier molecular flexibility index (Phi) is 16.8. The van der Waals surface area contributed by atoms with Crippen molar-refractivity contribution in [2.24, 2.45) is 27.2 Å². The fraction of sp³-hybridized carbons (Fsp3) is 0.962. The molecule has 0 saturated carbocycles. The Bertz CT molecular complexity index is 499. The van der Waals surface area contributed by atoms with Gasteiger partial charge in [-0.1, -0.05) is 65.0 Å². The van der Waals surface area contributed by atoms with Gasteiger partial charge in [-0.15, -0.1) is 0 Å². The predicted molar refractivity (Wildman–Crippen MR) is 141 cm³/mol. The molecule has 0 aromatic carbocycles. The zero-order valence-electron chi connectivity index (χ0n) is 23.0. The van der Waals surface area contributed by atoms with Crippen LogP contribution in [0.25, 0.3) is 0 Å². The molecule has 31 heavy (non-hydrogen) atoms. The average molecular weight is 459 g/mol. The highest BCUT2D eigenvalue weighted by molar-refractivity contribution is 6.23. The van der Waals surface area contributed by atoms with Crippen molar-refractivity contribution in [3.05, 3.63) is 0 Å². The Labute approximate surface area is 200 Å². The largest absolute Gasteiger partial charge is 0.305 e. The Balaban J connectivity index is 0. The van der Waals surface area contributed by atoms with E-state index < -0.39 is 5.00 Å². The van der Waals surface area contributed by atoms with Gasteiger partial charge in [0.1, 0.15) is 0 Å². The Hall–Kier alpha value is -0.640. The maximum absolute atomic E-state index is 6.33. The summed E-state index contributed by atoms with van der Waals surface area (Å²) in [6.07, 6.45) is 9.52. The molecule has 0 aliphatic heterocycles. The van der Waals surface area contributed by atoms with Crippen molar-refractivity contribution in [1.82, 2.24) is 5.43 Å². The molecule has 0 fully saturated rings. The minimum Gasteiger partial charge on any atom is -0.305 e. The first-order chi connectivity index (χ1) is 14.0. The SMILES string of the molecule is CCCC(C)CCC(C)(Cl)N=NC(C)(C)C.CCCC(C)CCC(C)=NNC(C)(C)C. The molecule has 0 aliphatic carbocycles. The van der Waals surface area contributed by atoms with Crippen LogP contribution in [0, 0.1) is 11.8 Å². The second-order valence-corrected chi connectivity index (χ2v) is 12.4. The number of alkyl halides is 1. The molecule has 0 heterocycles. The van der Waals surface area contributed by atoms with Crippen molar-refractivity contribution in [3.63, 3.8) is 0 Å². The molecule has 0 bridgehead atoms. The molecule has 0 spiro atoms. The van der Waals surface area contributed by atoms with Crippen LogP contribution in [0.2, 0.25) is 0 Å². The third-order valence-electron chi connectivity index (χ3n) is 4.80. The summed E-state index contributed by atoms with van der Waals surface area (Å²) in [7, 11) is 0. The van der Waals surface area contributed by atoms with Crippen LogP contribution in [-0.2, 0) is 0 Å².